The molecule has 19 heavy (non-hydrogen) atoms. The summed E-state index contributed by atoms with van der Waals surface area (Å²) < 4.78 is 0. The van der Waals surface area contributed by atoms with Gasteiger partial charge in [0, 0.05) is 16.3 Å². The van der Waals surface area contributed by atoms with Crippen molar-refractivity contribution in [2.45, 2.75) is 19.8 Å². The van der Waals surface area contributed by atoms with E-state index in [-0.39, 0.29) is 11.8 Å². The van der Waals surface area contributed by atoms with E-state index in [4.69, 9.17) is 0 Å². The van der Waals surface area contributed by atoms with E-state index in [1.54, 1.807) is 11.3 Å². The average Bonchev–Trinajstić information content (AvgIpc) is 3.09. The highest BCUT2D eigenvalue weighted by Crippen LogP contribution is 2.38. The van der Waals surface area contributed by atoms with Crippen molar-refractivity contribution in [1.82, 2.24) is 4.90 Å². The van der Waals surface area contributed by atoms with Crippen LogP contribution in [-0.2, 0) is 0 Å². The molecule has 0 spiro atoms. The molecular formula is C14H13NO2S2. The average molecular weight is 291 g/mol. The molecule has 3 rings (SSSR count). The molecule has 0 radical (unpaired) electrons. The van der Waals surface area contributed by atoms with Gasteiger partial charge in [0.1, 0.15) is 4.88 Å². The molecule has 2 aromatic heterocycles. The Bertz CT molecular complexity index is 594. The van der Waals surface area contributed by atoms with E-state index in [9.17, 15) is 9.59 Å². The lowest BCUT2D eigenvalue weighted by molar-refractivity contribution is 0.0653. The summed E-state index contributed by atoms with van der Waals surface area (Å²) in [6, 6.07) is 5.84. The molecule has 0 bridgehead atoms. The third kappa shape index (κ3) is 2.03. The lowest BCUT2D eigenvalue weighted by Crippen LogP contribution is -2.30. The minimum absolute atomic E-state index is 0.124. The van der Waals surface area contributed by atoms with Crippen LogP contribution < -0.4 is 0 Å². The molecule has 2 aromatic rings. The SMILES string of the molecule is CCCCN1C(=O)c2cc(-c3cccs3)sc2C1=O. The van der Waals surface area contributed by atoms with Gasteiger partial charge < -0.3 is 0 Å². The summed E-state index contributed by atoms with van der Waals surface area (Å²) in [6.07, 6.45) is 1.84. The lowest BCUT2D eigenvalue weighted by Gasteiger charge is -2.12. The Kier molecular flexibility index (Phi) is 3.24. The molecule has 0 saturated carbocycles. The quantitative estimate of drug-likeness (QED) is 0.802. The summed E-state index contributed by atoms with van der Waals surface area (Å²) in [4.78, 5) is 28.5. The van der Waals surface area contributed by atoms with Gasteiger partial charge in [-0.3, -0.25) is 14.5 Å². The fourth-order valence-electron chi connectivity index (χ4n) is 2.13. The molecule has 3 heterocycles. The second-order valence-corrected chi connectivity index (χ2v) is 6.45. The van der Waals surface area contributed by atoms with Crippen LogP contribution >= 0.6 is 22.7 Å². The van der Waals surface area contributed by atoms with Crippen molar-refractivity contribution in [2.24, 2.45) is 0 Å². The van der Waals surface area contributed by atoms with E-state index in [1.807, 2.05) is 23.6 Å². The van der Waals surface area contributed by atoms with Crippen molar-refractivity contribution in [3.8, 4) is 9.75 Å². The molecule has 5 heteroatoms. The minimum Gasteiger partial charge on any atom is -0.274 e. The standard InChI is InChI=1S/C14H13NO2S2/c1-2-3-6-15-13(16)9-8-11(10-5-4-7-18-10)19-12(9)14(15)17/h4-5,7-8H,2-3,6H2,1H3. The van der Waals surface area contributed by atoms with Crippen LogP contribution in [-0.4, -0.2) is 23.3 Å². The Morgan fingerprint density at radius 2 is 2.05 bits per heavy atom. The maximum absolute atomic E-state index is 12.2. The highest BCUT2D eigenvalue weighted by Gasteiger charge is 2.37. The molecule has 0 saturated heterocycles. The smallest absolute Gasteiger partial charge is 0.271 e. The largest absolute Gasteiger partial charge is 0.274 e. The number of imide groups is 1. The predicted molar refractivity (Wildman–Crippen MR) is 77.9 cm³/mol. The molecule has 98 valence electrons. The number of amides is 2. The first-order valence-corrected chi connectivity index (χ1v) is 7.96. The van der Waals surface area contributed by atoms with Crippen LogP contribution in [0.3, 0.4) is 0 Å². The maximum atomic E-state index is 12.2. The van der Waals surface area contributed by atoms with E-state index in [0.29, 0.717) is 17.0 Å². The molecule has 0 fully saturated rings. The van der Waals surface area contributed by atoms with Gasteiger partial charge in [0.15, 0.2) is 0 Å². The van der Waals surface area contributed by atoms with Crippen molar-refractivity contribution in [2.75, 3.05) is 6.54 Å². The monoisotopic (exact) mass is 291 g/mol. The van der Waals surface area contributed by atoms with Gasteiger partial charge in [0.2, 0.25) is 0 Å². The fraction of sp³-hybridized carbons (Fsp3) is 0.286. The van der Waals surface area contributed by atoms with Crippen LogP contribution in [0.1, 0.15) is 39.8 Å². The van der Waals surface area contributed by atoms with E-state index in [1.165, 1.54) is 16.2 Å². The summed E-state index contributed by atoms with van der Waals surface area (Å²) in [6.45, 7) is 2.58. The number of rotatable bonds is 4. The molecule has 0 aliphatic carbocycles. The first-order chi connectivity index (χ1) is 9.22. The first-order valence-electron chi connectivity index (χ1n) is 6.26. The van der Waals surface area contributed by atoms with E-state index < -0.39 is 0 Å². The number of fused-ring (bicyclic) bond motifs is 1. The lowest BCUT2D eigenvalue weighted by atomic mass is 10.2. The number of hydrogen-bond donors (Lipinski definition) is 0. The zero-order valence-electron chi connectivity index (χ0n) is 10.5. The summed E-state index contributed by atoms with van der Waals surface area (Å²) >= 11 is 3.05. The molecule has 0 aromatic carbocycles. The van der Waals surface area contributed by atoms with E-state index in [0.717, 1.165) is 22.6 Å². The third-order valence-electron chi connectivity index (χ3n) is 3.15. The van der Waals surface area contributed by atoms with Crippen molar-refractivity contribution >= 4 is 34.5 Å². The molecule has 1 aliphatic rings. The van der Waals surface area contributed by atoms with Gasteiger partial charge in [-0.1, -0.05) is 19.4 Å². The van der Waals surface area contributed by atoms with Crippen molar-refractivity contribution in [1.29, 1.82) is 0 Å². The Morgan fingerprint density at radius 1 is 1.21 bits per heavy atom. The minimum atomic E-state index is -0.132. The normalized spacial score (nSPS) is 14.3. The number of hydrogen-bond acceptors (Lipinski definition) is 4. The number of unbranched alkanes of at least 4 members (excludes halogenated alkanes) is 1. The summed E-state index contributed by atoms with van der Waals surface area (Å²) in [5.41, 5.74) is 0.578. The Balaban J connectivity index is 1.92. The predicted octanol–water partition coefficient (Wildman–Crippen LogP) is 3.87. The van der Waals surface area contributed by atoms with Gasteiger partial charge in [-0.2, -0.15) is 0 Å². The molecule has 0 N–H and O–H groups in total. The number of carbonyl (C=O) groups is 2. The Morgan fingerprint density at radius 3 is 2.68 bits per heavy atom. The topological polar surface area (TPSA) is 37.4 Å². The maximum Gasteiger partial charge on any atom is 0.271 e. The zero-order valence-corrected chi connectivity index (χ0v) is 12.1. The van der Waals surface area contributed by atoms with E-state index in [2.05, 4.69) is 6.92 Å². The molecule has 0 unspecified atom stereocenters. The highest BCUT2D eigenvalue weighted by atomic mass is 32.1. The first kappa shape index (κ1) is 12.6. The number of thiophene rings is 2. The second-order valence-electron chi connectivity index (χ2n) is 4.45. The van der Waals surface area contributed by atoms with Crippen LogP contribution in [0.25, 0.3) is 9.75 Å². The van der Waals surface area contributed by atoms with Crippen LogP contribution in [0.15, 0.2) is 23.6 Å². The summed E-state index contributed by atoms with van der Waals surface area (Å²) in [7, 11) is 0. The number of nitrogens with zero attached hydrogens (tertiary/aromatic N) is 1. The molecule has 2 amide bonds. The van der Waals surface area contributed by atoms with Crippen LogP contribution in [0.2, 0.25) is 0 Å². The summed E-state index contributed by atoms with van der Waals surface area (Å²) in [5, 5.41) is 2.00. The van der Waals surface area contributed by atoms with Crippen molar-refractivity contribution in [3.63, 3.8) is 0 Å². The van der Waals surface area contributed by atoms with Gasteiger partial charge in [0.05, 0.1) is 5.56 Å². The Labute approximate surface area is 119 Å². The summed E-state index contributed by atoms with van der Waals surface area (Å²) in [5.74, 6) is -0.256. The van der Waals surface area contributed by atoms with Crippen molar-refractivity contribution < 1.29 is 9.59 Å². The van der Waals surface area contributed by atoms with Crippen LogP contribution in [0, 0.1) is 0 Å². The third-order valence-corrected chi connectivity index (χ3v) is 5.34. The molecule has 1 aliphatic heterocycles. The number of carbonyl (C=O) groups excluding carboxylic acids is 2. The van der Waals surface area contributed by atoms with E-state index >= 15 is 0 Å². The zero-order chi connectivity index (χ0) is 13.4. The Hall–Kier alpha value is -1.46. The van der Waals surface area contributed by atoms with Gasteiger partial charge in [0.25, 0.3) is 11.8 Å². The van der Waals surface area contributed by atoms with Gasteiger partial charge in [-0.05, 0) is 23.9 Å². The molecule has 0 atom stereocenters. The van der Waals surface area contributed by atoms with Crippen LogP contribution in [0.4, 0.5) is 0 Å². The van der Waals surface area contributed by atoms with Gasteiger partial charge >= 0.3 is 0 Å². The van der Waals surface area contributed by atoms with Crippen molar-refractivity contribution in [3.05, 3.63) is 34.0 Å². The van der Waals surface area contributed by atoms with Crippen LogP contribution in [0.5, 0.6) is 0 Å². The highest BCUT2D eigenvalue weighted by molar-refractivity contribution is 7.22. The fourth-order valence-corrected chi connectivity index (χ4v) is 4.05. The van der Waals surface area contributed by atoms with Gasteiger partial charge in [-0.25, -0.2) is 0 Å². The van der Waals surface area contributed by atoms with Gasteiger partial charge in [-0.15, -0.1) is 22.7 Å². The second kappa shape index (κ2) is 4.90. The molecular weight excluding hydrogens is 278 g/mol. The molecule has 3 nitrogen and oxygen atoms in total.